The van der Waals surface area contributed by atoms with Gasteiger partial charge in [-0.3, -0.25) is 4.79 Å². The molecule has 6 heteroatoms. The van der Waals surface area contributed by atoms with Crippen molar-refractivity contribution in [2.24, 2.45) is 5.92 Å². The van der Waals surface area contributed by atoms with Crippen LogP contribution in [0.5, 0.6) is 11.5 Å². The Labute approximate surface area is 141 Å². The van der Waals surface area contributed by atoms with Crippen LogP contribution in [0.2, 0.25) is 0 Å². The van der Waals surface area contributed by atoms with Gasteiger partial charge in [0.15, 0.2) is 11.5 Å². The van der Waals surface area contributed by atoms with Crippen LogP contribution in [0.4, 0.5) is 5.69 Å². The van der Waals surface area contributed by atoms with Gasteiger partial charge in [-0.15, -0.1) is 0 Å². The van der Waals surface area contributed by atoms with E-state index in [0.717, 1.165) is 30.8 Å². The lowest BCUT2D eigenvalue weighted by molar-refractivity contribution is -0.120. The molecule has 0 bridgehead atoms. The standard InChI is InChI=1S/C18H23N3O3/c1-3-23-16-6-5-14(10-17(16)24-4-2)20-18(22)13-7-8-21-12-19-11-15(21)9-13/h5-6,10-13H,3-4,7-9H2,1-2H3,(H,20,22). The fraction of sp³-hybridized carbons (Fsp3) is 0.444. The number of benzene rings is 1. The van der Waals surface area contributed by atoms with Crippen molar-refractivity contribution in [2.45, 2.75) is 33.2 Å². The third kappa shape index (κ3) is 3.53. The predicted molar refractivity (Wildman–Crippen MR) is 91.4 cm³/mol. The van der Waals surface area contributed by atoms with E-state index in [1.807, 2.05) is 44.6 Å². The van der Waals surface area contributed by atoms with Crippen molar-refractivity contribution in [3.8, 4) is 11.5 Å². The van der Waals surface area contributed by atoms with Crippen molar-refractivity contribution in [3.63, 3.8) is 0 Å². The summed E-state index contributed by atoms with van der Waals surface area (Å²) in [5.41, 5.74) is 1.84. The van der Waals surface area contributed by atoms with Gasteiger partial charge in [0.25, 0.3) is 0 Å². The van der Waals surface area contributed by atoms with Crippen LogP contribution in [-0.4, -0.2) is 28.7 Å². The SMILES string of the molecule is CCOc1ccc(NC(=O)C2CCn3cncc3C2)cc1OCC. The number of anilines is 1. The van der Waals surface area contributed by atoms with Gasteiger partial charge >= 0.3 is 0 Å². The summed E-state index contributed by atoms with van der Waals surface area (Å²) in [5.74, 6) is 1.35. The van der Waals surface area contributed by atoms with Gasteiger partial charge < -0.3 is 19.4 Å². The Morgan fingerprint density at radius 2 is 2.08 bits per heavy atom. The highest BCUT2D eigenvalue weighted by atomic mass is 16.5. The topological polar surface area (TPSA) is 65.4 Å². The zero-order valence-corrected chi connectivity index (χ0v) is 14.1. The molecule has 0 saturated heterocycles. The molecule has 1 aromatic carbocycles. The second-order valence-corrected chi connectivity index (χ2v) is 5.78. The van der Waals surface area contributed by atoms with Gasteiger partial charge in [0.05, 0.1) is 19.5 Å². The van der Waals surface area contributed by atoms with E-state index in [1.165, 1.54) is 0 Å². The van der Waals surface area contributed by atoms with Crippen LogP contribution in [0.25, 0.3) is 0 Å². The number of rotatable bonds is 6. The largest absolute Gasteiger partial charge is 0.490 e. The number of hydrogen-bond acceptors (Lipinski definition) is 4. The molecular formula is C18H23N3O3. The summed E-state index contributed by atoms with van der Waals surface area (Å²) in [6.07, 6.45) is 5.21. The molecule has 1 amide bonds. The highest BCUT2D eigenvalue weighted by Gasteiger charge is 2.25. The molecule has 6 nitrogen and oxygen atoms in total. The van der Waals surface area contributed by atoms with E-state index >= 15 is 0 Å². The normalized spacial score (nSPS) is 16.3. The number of imidazole rings is 1. The quantitative estimate of drug-likeness (QED) is 0.885. The van der Waals surface area contributed by atoms with Crippen LogP contribution in [-0.2, 0) is 17.8 Å². The van der Waals surface area contributed by atoms with E-state index in [0.29, 0.717) is 24.7 Å². The first-order chi connectivity index (χ1) is 11.7. The number of nitrogens with one attached hydrogen (secondary N) is 1. The minimum absolute atomic E-state index is 0.0312. The average Bonchev–Trinajstić information content (AvgIpc) is 3.05. The fourth-order valence-corrected chi connectivity index (χ4v) is 2.97. The molecule has 128 valence electrons. The zero-order chi connectivity index (χ0) is 16.9. The van der Waals surface area contributed by atoms with Crippen LogP contribution in [0, 0.1) is 5.92 Å². The Morgan fingerprint density at radius 3 is 2.88 bits per heavy atom. The van der Waals surface area contributed by atoms with Gasteiger partial charge in [-0.2, -0.15) is 0 Å². The van der Waals surface area contributed by atoms with Crippen LogP contribution in [0.3, 0.4) is 0 Å². The lowest BCUT2D eigenvalue weighted by atomic mass is 9.95. The molecule has 3 rings (SSSR count). The summed E-state index contributed by atoms with van der Waals surface area (Å²) in [7, 11) is 0. The minimum Gasteiger partial charge on any atom is -0.490 e. The fourth-order valence-electron chi connectivity index (χ4n) is 2.97. The Kier molecular flexibility index (Phi) is 5.03. The Balaban J connectivity index is 1.69. The van der Waals surface area contributed by atoms with Crippen molar-refractivity contribution < 1.29 is 14.3 Å². The molecule has 2 heterocycles. The van der Waals surface area contributed by atoms with Gasteiger partial charge in [-0.1, -0.05) is 0 Å². The number of aryl methyl sites for hydroxylation is 1. The van der Waals surface area contributed by atoms with E-state index in [-0.39, 0.29) is 11.8 Å². The number of hydrogen-bond donors (Lipinski definition) is 1. The number of amides is 1. The van der Waals surface area contributed by atoms with Crippen molar-refractivity contribution in [2.75, 3.05) is 18.5 Å². The van der Waals surface area contributed by atoms with Crippen molar-refractivity contribution in [1.82, 2.24) is 9.55 Å². The first-order valence-corrected chi connectivity index (χ1v) is 8.40. The Bertz CT molecular complexity index is 711. The van der Waals surface area contributed by atoms with E-state index in [4.69, 9.17) is 9.47 Å². The second-order valence-electron chi connectivity index (χ2n) is 5.78. The molecule has 0 aliphatic carbocycles. The van der Waals surface area contributed by atoms with Crippen LogP contribution in [0.15, 0.2) is 30.7 Å². The van der Waals surface area contributed by atoms with Gasteiger partial charge in [0, 0.05) is 42.5 Å². The summed E-state index contributed by atoms with van der Waals surface area (Å²) in [6.45, 7) is 5.80. The van der Waals surface area contributed by atoms with Crippen LogP contribution in [0.1, 0.15) is 26.0 Å². The molecule has 1 aromatic heterocycles. The van der Waals surface area contributed by atoms with Crippen LogP contribution < -0.4 is 14.8 Å². The van der Waals surface area contributed by atoms with Crippen molar-refractivity contribution >= 4 is 11.6 Å². The molecule has 0 spiro atoms. The maximum absolute atomic E-state index is 12.6. The average molecular weight is 329 g/mol. The van der Waals surface area contributed by atoms with Crippen molar-refractivity contribution in [1.29, 1.82) is 0 Å². The molecule has 0 fully saturated rings. The monoisotopic (exact) mass is 329 g/mol. The number of fused-ring (bicyclic) bond motifs is 1. The molecule has 0 radical (unpaired) electrons. The lowest BCUT2D eigenvalue weighted by Crippen LogP contribution is -2.29. The predicted octanol–water partition coefficient (Wildman–Crippen LogP) is 2.88. The summed E-state index contributed by atoms with van der Waals surface area (Å²) < 4.78 is 13.3. The molecule has 1 aliphatic rings. The second kappa shape index (κ2) is 7.38. The van der Waals surface area contributed by atoms with E-state index in [2.05, 4.69) is 14.9 Å². The first-order valence-electron chi connectivity index (χ1n) is 8.40. The van der Waals surface area contributed by atoms with E-state index in [9.17, 15) is 4.79 Å². The molecule has 1 N–H and O–H groups in total. The van der Waals surface area contributed by atoms with Gasteiger partial charge in [-0.05, 0) is 32.4 Å². The summed E-state index contributed by atoms with van der Waals surface area (Å²) >= 11 is 0. The summed E-state index contributed by atoms with van der Waals surface area (Å²) in [6, 6.07) is 5.50. The number of aromatic nitrogens is 2. The summed E-state index contributed by atoms with van der Waals surface area (Å²) in [4.78, 5) is 16.7. The third-order valence-corrected chi connectivity index (χ3v) is 4.15. The Morgan fingerprint density at radius 1 is 1.29 bits per heavy atom. The third-order valence-electron chi connectivity index (χ3n) is 4.15. The smallest absolute Gasteiger partial charge is 0.227 e. The van der Waals surface area contributed by atoms with Crippen LogP contribution >= 0.6 is 0 Å². The maximum atomic E-state index is 12.6. The number of ether oxygens (including phenoxy) is 2. The molecule has 24 heavy (non-hydrogen) atoms. The van der Waals surface area contributed by atoms with Gasteiger partial charge in [0.2, 0.25) is 5.91 Å². The first kappa shape index (κ1) is 16.4. The molecule has 2 aromatic rings. The number of nitrogens with zero attached hydrogens (tertiary/aromatic N) is 2. The molecule has 1 aliphatic heterocycles. The van der Waals surface area contributed by atoms with E-state index in [1.54, 1.807) is 0 Å². The van der Waals surface area contributed by atoms with Gasteiger partial charge in [0.1, 0.15) is 0 Å². The Hall–Kier alpha value is -2.50. The molecular weight excluding hydrogens is 306 g/mol. The lowest BCUT2D eigenvalue weighted by Gasteiger charge is -2.23. The number of carbonyl (C=O) groups is 1. The zero-order valence-electron chi connectivity index (χ0n) is 14.1. The summed E-state index contributed by atoms with van der Waals surface area (Å²) in [5, 5.41) is 3.00. The molecule has 0 saturated carbocycles. The highest BCUT2D eigenvalue weighted by molar-refractivity contribution is 5.93. The van der Waals surface area contributed by atoms with E-state index < -0.39 is 0 Å². The highest BCUT2D eigenvalue weighted by Crippen LogP contribution is 2.31. The van der Waals surface area contributed by atoms with Gasteiger partial charge in [-0.25, -0.2) is 4.98 Å². The maximum Gasteiger partial charge on any atom is 0.227 e. The number of carbonyl (C=O) groups excluding carboxylic acids is 1. The minimum atomic E-state index is -0.0312. The van der Waals surface area contributed by atoms with Crippen molar-refractivity contribution in [3.05, 3.63) is 36.4 Å². The molecule has 1 atom stereocenters. The molecule has 1 unspecified atom stereocenters.